The van der Waals surface area contributed by atoms with Crippen LogP contribution in [0.4, 0.5) is 9.52 Å². The average Bonchev–Trinajstić information content (AvgIpc) is 2.90. The van der Waals surface area contributed by atoms with Gasteiger partial charge in [0.2, 0.25) is 0 Å². The first-order valence-corrected chi connectivity index (χ1v) is 8.33. The highest BCUT2D eigenvalue weighted by molar-refractivity contribution is 9.10. The normalized spacial score (nSPS) is 10.9. The van der Waals surface area contributed by atoms with Crippen molar-refractivity contribution in [3.05, 3.63) is 57.8 Å². The SMILES string of the molecule is CCc1ccc2nc(NC(=O)c3cc(F)ccc3Br)sc2c1. The number of amides is 1. The molecule has 0 saturated heterocycles. The Morgan fingerprint density at radius 3 is 2.91 bits per heavy atom. The maximum Gasteiger partial charge on any atom is 0.258 e. The third-order valence-electron chi connectivity index (χ3n) is 3.25. The zero-order valence-electron chi connectivity index (χ0n) is 11.7. The maximum absolute atomic E-state index is 13.3. The fourth-order valence-electron chi connectivity index (χ4n) is 2.08. The van der Waals surface area contributed by atoms with Crippen molar-refractivity contribution in [3.63, 3.8) is 0 Å². The number of thiazole rings is 1. The molecule has 0 unspecified atom stereocenters. The molecule has 1 aromatic heterocycles. The molecule has 0 radical (unpaired) electrons. The lowest BCUT2D eigenvalue weighted by molar-refractivity contribution is 0.102. The summed E-state index contributed by atoms with van der Waals surface area (Å²) in [5.41, 5.74) is 2.31. The third-order valence-corrected chi connectivity index (χ3v) is 4.88. The summed E-state index contributed by atoms with van der Waals surface area (Å²) < 4.78 is 14.8. The fourth-order valence-corrected chi connectivity index (χ4v) is 3.43. The minimum Gasteiger partial charge on any atom is -0.298 e. The number of carbonyl (C=O) groups excluding carboxylic acids is 1. The Kier molecular flexibility index (Phi) is 4.22. The molecular formula is C16H12BrFN2OS. The zero-order valence-corrected chi connectivity index (χ0v) is 14.1. The van der Waals surface area contributed by atoms with Crippen molar-refractivity contribution in [2.45, 2.75) is 13.3 Å². The van der Waals surface area contributed by atoms with Gasteiger partial charge in [0.15, 0.2) is 5.13 Å². The Labute approximate surface area is 139 Å². The predicted octanol–water partition coefficient (Wildman–Crippen LogP) is 5.01. The van der Waals surface area contributed by atoms with Crippen LogP contribution in [-0.2, 0) is 6.42 Å². The van der Waals surface area contributed by atoms with E-state index in [2.05, 4.69) is 39.2 Å². The van der Waals surface area contributed by atoms with Crippen LogP contribution in [0.15, 0.2) is 40.9 Å². The molecule has 0 spiro atoms. The van der Waals surface area contributed by atoms with Gasteiger partial charge in [-0.1, -0.05) is 24.3 Å². The lowest BCUT2D eigenvalue weighted by Crippen LogP contribution is -2.12. The molecule has 0 bridgehead atoms. The van der Waals surface area contributed by atoms with E-state index in [1.165, 1.54) is 35.1 Å². The minimum atomic E-state index is -0.453. The monoisotopic (exact) mass is 378 g/mol. The number of nitrogens with zero attached hydrogens (tertiary/aromatic N) is 1. The van der Waals surface area contributed by atoms with Crippen LogP contribution in [0.3, 0.4) is 0 Å². The van der Waals surface area contributed by atoms with Crippen LogP contribution >= 0.6 is 27.3 Å². The molecule has 2 aromatic carbocycles. The van der Waals surface area contributed by atoms with E-state index in [1.54, 1.807) is 0 Å². The van der Waals surface area contributed by atoms with Crippen LogP contribution in [0.25, 0.3) is 10.2 Å². The molecule has 3 nitrogen and oxygen atoms in total. The highest BCUT2D eigenvalue weighted by atomic mass is 79.9. The molecule has 0 saturated carbocycles. The fraction of sp³-hybridized carbons (Fsp3) is 0.125. The van der Waals surface area contributed by atoms with Gasteiger partial charge in [-0.2, -0.15) is 0 Å². The Morgan fingerprint density at radius 2 is 2.14 bits per heavy atom. The molecule has 0 aliphatic rings. The first-order chi connectivity index (χ1) is 10.6. The molecule has 3 rings (SSSR count). The third kappa shape index (κ3) is 3.03. The molecule has 112 valence electrons. The molecule has 6 heteroatoms. The summed E-state index contributed by atoms with van der Waals surface area (Å²) in [6.07, 6.45) is 0.950. The number of rotatable bonds is 3. The minimum absolute atomic E-state index is 0.244. The van der Waals surface area contributed by atoms with Gasteiger partial charge in [-0.3, -0.25) is 10.1 Å². The number of aromatic nitrogens is 1. The van der Waals surface area contributed by atoms with Gasteiger partial charge in [-0.15, -0.1) is 0 Å². The van der Waals surface area contributed by atoms with Gasteiger partial charge in [-0.25, -0.2) is 9.37 Å². The van der Waals surface area contributed by atoms with E-state index in [1.807, 2.05) is 12.1 Å². The van der Waals surface area contributed by atoms with Crippen molar-refractivity contribution in [3.8, 4) is 0 Å². The molecule has 0 fully saturated rings. The first kappa shape index (κ1) is 15.1. The summed E-state index contributed by atoms with van der Waals surface area (Å²) >= 11 is 4.66. The summed E-state index contributed by atoms with van der Waals surface area (Å²) in [5.74, 6) is -0.841. The summed E-state index contributed by atoms with van der Waals surface area (Å²) in [7, 11) is 0. The van der Waals surface area contributed by atoms with Crippen LogP contribution in [-0.4, -0.2) is 10.9 Å². The van der Waals surface area contributed by atoms with Crippen LogP contribution in [0, 0.1) is 5.82 Å². The largest absolute Gasteiger partial charge is 0.298 e. The van der Waals surface area contributed by atoms with Crippen LogP contribution in [0.5, 0.6) is 0 Å². The van der Waals surface area contributed by atoms with Gasteiger partial charge in [-0.05, 0) is 58.2 Å². The second kappa shape index (κ2) is 6.14. The molecule has 1 N–H and O–H groups in total. The topological polar surface area (TPSA) is 42.0 Å². The highest BCUT2D eigenvalue weighted by Crippen LogP contribution is 2.28. The number of aryl methyl sites for hydroxylation is 1. The number of anilines is 1. The van der Waals surface area contributed by atoms with Gasteiger partial charge in [0.05, 0.1) is 15.8 Å². The number of hydrogen-bond acceptors (Lipinski definition) is 3. The van der Waals surface area contributed by atoms with Gasteiger partial charge >= 0.3 is 0 Å². The quantitative estimate of drug-likeness (QED) is 0.695. The van der Waals surface area contributed by atoms with Crippen LogP contribution < -0.4 is 5.32 Å². The van der Waals surface area contributed by atoms with E-state index in [0.29, 0.717) is 9.60 Å². The van der Waals surface area contributed by atoms with E-state index in [4.69, 9.17) is 0 Å². The molecular weight excluding hydrogens is 367 g/mol. The number of fused-ring (bicyclic) bond motifs is 1. The smallest absolute Gasteiger partial charge is 0.258 e. The highest BCUT2D eigenvalue weighted by Gasteiger charge is 2.14. The molecule has 0 aliphatic carbocycles. The molecule has 1 amide bonds. The average molecular weight is 379 g/mol. The number of nitrogens with one attached hydrogen (secondary N) is 1. The first-order valence-electron chi connectivity index (χ1n) is 6.72. The Bertz CT molecular complexity index is 862. The Hall–Kier alpha value is -1.79. The summed E-state index contributed by atoms with van der Waals surface area (Å²) in [6, 6.07) is 10.0. The lowest BCUT2D eigenvalue weighted by atomic mass is 10.2. The van der Waals surface area contributed by atoms with Crippen molar-refractivity contribution in [1.82, 2.24) is 4.98 Å². The summed E-state index contributed by atoms with van der Waals surface area (Å²) in [6.45, 7) is 2.09. The number of benzene rings is 2. The van der Waals surface area contributed by atoms with Crippen molar-refractivity contribution >= 4 is 48.5 Å². The van der Waals surface area contributed by atoms with Crippen LogP contribution in [0.1, 0.15) is 22.8 Å². The van der Waals surface area contributed by atoms with E-state index in [-0.39, 0.29) is 11.5 Å². The van der Waals surface area contributed by atoms with E-state index in [9.17, 15) is 9.18 Å². The molecule has 0 atom stereocenters. The number of carbonyl (C=O) groups is 1. The number of halogens is 2. The zero-order chi connectivity index (χ0) is 15.7. The molecule has 3 aromatic rings. The van der Waals surface area contributed by atoms with Crippen molar-refractivity contribution in [1.29, 1.82) is 0 Å². The van der Waals surface area contributed by atoms with Gasteiger partial charge < -0.3 is 0 Å². The van der Waals surface area contributed by atoms with Crippen molar-refractivity contribution in [2.24, 2.45) is 0 Å². The summed E-state index contributed by atoms with van der Waals surface area (Å²) in [5, 5.41) is 3.23. The summed E-state index contributed by atoms with van der Waals surface area (Å²) in [4.78, 5) is 16.6. The van der Waals surface area contributed by atoms with Gasteiger partial charge in [0, 0.05) is 4.47 Å². The van der Waals surface area contributed by atoms with Gasteiger partial charge in [0.1, 0.15) is 5.82 Å². The van der Waals surface area contributed by atoms with Crippen LogP contribution in [0.2, 0.25) is 0 Å². The number of hydrogen-bond donors (Lipinski definition) is 1. The Balaban J connectivity index is 1.89. The molecule has 22 heavy (non-hydrogen) atoms. The van der Waals surface area contributed by atoms with Gasteiger partial charge in [0.25, 0.3) is 5.91 Å². The second-order valence-electron chi connectivity index (χ2n) is 4.75. The standard InChI is InChI=1S/C16H12BrFN2OS/c1-2-9-3-6-13-14(7-9)22-16(19-13)20-15(21)11-8-10(18)4-5-12(11)17/h3-8H,2H2,1H3,(H,19,20,21). The van der Waals surface area contributed by atoms with E-state index in [0.717, 1.165) is 16.6 Å². The molecule has 1 heterocycles. The van der Waals surface area contributed by atoms with E-state index < -0.39 is 5.82 Å². The molecule has 0 aliphatic heterocycles. The predicted molar refractivity (Wildman–Crippen MR) is 91.1 cm³/mol. The van der Waals surface area contributed by atoms with Crippen molar-refractivity contribution < 1.29 is 9.18 Å². The van der Waals surface area contributed by atoms with E-state index >= 15 is 0 Å². The lowest BCUT2D eigenvalue weighted by Gasteiger charge is -2.04. The van der Waals surface area contributed by atoms with Crippen molar-refractivity contribution in [2.75, 3.05) is 5.32 Å². The Morgan fingerprint density at radius 1 is 1.32 bits per heavy atom. The maximum atomic E-state index is 13.3. The second-order valence-corrected chi connectivity index (χ2v) is 6.64.